The number of nitrogens with two attached hydrogens (primary N) is 1. The summed E-state index contributed by atoms with van der Waals surface area (Å²) in [6.45, 7) is 2.78. The van der Waals surface area contributed by atoms with Gasteiger partial charge in [-0.1, -0.05) is 19.1 Å². The molecule has 0 aliphatic carbocycles. The molecule has 3 heteroatoms. The maximum Gasteiger partial charge on any atom is 0.226 e. The van der Waals surface area contributed by atoms with Crippen molar-refractivity contribution in [2.45, 2.75) is 32.6 Å². The van der Waals surface area contributed by atoms with E-state index in [1.807, 2.05) is 19.2 Å². The van der Waals surface area contributed by atoms with E-state index in [-0.39, 0.29) is 5.91 Å². The molecule has 0 fully saturated rings. The highest BCUT2D eigenvalue weighted by atomic mass is 16.2. The summed E-state index contributed by atoms with van der Waals surface area (Å²) >= 11 is 0. The van der Waals surface area contributed by atoms with Crippen LogP contribution in [0.25, 0.3) is 0 Å². The highest BCUT2D eigenvalue weighted by molar-refractivity contribution is 5.92. The van der Waals surface area contributed by atoms with Crippen molar-refractivity contribution in [3.63, 3.8) is 0 Å². The van der Waals surface area contributed by atoms with Crippen LogP contribution in [0.1, 0.15) is 31.7 Å². The standard InChI is InChI=1S/C14H22N2O/c1-3-12-7-9-13(10-8-12)16(2)14(17)6-4-5-11-15/h7-10H,3-6,11,15H2,1-2H3. The van der Waals surface area contributed by atoms with Gasteiger partial charge in [-0.2, -0.15) is 0 Å². The van der Waals surface area contributed by atoms with Crippen molar-refractivity contribution in [2.75, 3.05) is 18.5 Å². The molecule has 0 heterocycles. The molecule has 1 rings (SSSR count). The molecule has 0 aliphatic heterocycles. The van der Waals surface area contributed by atoms with Crippen molar-refractivity contribution in [1.29, 1.82) is 0 Å². The van der Waals surface area contributed by atoms with Gasteiger partial charge in [-0.05, 0) is 43.5 Å². The van der Waals surface area contributed by atoms with Gasteiger partial charge in [0.15, 0.2) is 0 Å². The molecule has 1 amide bonds. The Labute approximate surface area is 104 Å². The van der Waals surface area contributed by atoms with Gasteiger partial charge in [-0.3, -0.25) is 4.79 Å². The molecule has 0 spiro atoms. The van der Waals surface area contributed by atoms with E-state index < -0.39 is 0 Å². The molecule has 1 aromatic carbocycles. The molecule has 1 aromatic rings. The van der Waals surface area contributed by atoms with Crippen molar-refractivity contribution < 1.29 is 4.79 Å². The van der Waals surface area contributed by atoms with Gasteiger partial charge in [0, 0.05) is 19.2 Å². The number of carbonyl (C=O) groups is 1. The summed E-state index contributed by atoms with van der Waals surface area (Å²) in [5.74, 6) is 0.155. The molecular formula is C14H22N2O. The first-order valence-electron chi connectivity index (χ1n) is 6.24. The summed E-state index contributed by atoms with van der Waals surface area (Å²) in [7, 11) is 1.83. The van der Waals surface area contributed by atoms with E-state index in [1.54, 1.807) is 4.90 Å². The molecule has 0 unspecified atom stereocenters. The van der Waals surface area contributed by atoms with Gasteiger partial charge in [-0.25, -0.2) is 0 Å². The monoisotopic (exact) mass is 234 g/mol. The van der Waals surface area contributed by atoms with Crippen molar-refractivity contribution in [3.05, 3.63) is 29.8 Å². The predicted octanol–water partition coefficient (Wildman–Crippen LogP) is 2.34. The second-order valence-electron chi connectivity index (χ2n) is 4.22. The zero-order valence-electron chi connectivity index (χ0n) is 10.8. The van der Waals surface area contributed by atoms with E-state index in [1.165, 1.54) is 5.56 Å². The van der Waals surface area contributed by atoms with Gasteiger partial charge in [0.2, 0.25) is 5.91 Å². The topological polar surface area (TPSA) is 46.3 Å². The Morgan fingerprint density at radius 1 is 1.24 bits per heavy atom. The molecular weight excluding hydrogens is 212 g/mol. The first-order chi connectivity index (χ1) is 8.19. The van der Waals surface area contributed by atoms with Crippen LogP contribution in [0.3, 0.4) is 0 Å². The fourth-order valence-corrected chi connectivity index (χ4v) is 1.69. The smallest absolute Gasteiger partial charge is 0.226 e. The van der Waals surface area contributed by atoms with Gasteiger partial charge in [0.25, 0.3) is 0 Å². The number of benzene rings is 1. The van der Waals surface area contributed by atoms with Crippen molar-refractivity contribution >= 4 is 11.6 Å². The summed E-state index contributed by atoms with van der Waals surface area (Å²) < 4.78 is 0. The summed E-state index contributed by atoms with van der Waals surface area (Å²) in [5.41, 5.74) is 7.66. The fourth-order valence-electron chi connectivity index (χ4n) is 1.69. The Bertz CT molecular complexity index is 346. The average Bonchev–Trinajstić information content (AvgIpc) is 2.38. The minimum atomic E-state index is 0.155. The second-order valence-corrected chi connectivity index (χ2v) is 4.22. The van der Waals surface area contributed by atoms with E-state index >= 15 is 0 Å². The number of amides is 1. The summed E-state index contributed by atoms with van der Waals surface area (Å²) in [5, 5.41) is 0. The third kappa shape index (κ3) is 4.19. The van der Waals surface area contributed by atoms with Crippen molar-refractivity contribution in [3.8, 4) is 0 Å². The van der Waals surface area contributed by atoms with Crippen LogP contribution < -0.4 is 10.6 Å². The lowest BCUT2D eigenvalue weighted by Crippen LogP contribution is -2.25. The number of rotatable bonds is 6. The largest absolute Gasteiger partial charge is 0.330 e. The summed E-state index contributed by atoms with van der Waals surface area (Å²) in [6, 6.07) is 8.14. The van der Waals surface area contributed by atoms with E-state index in [9.17, 15) is 4.79 Å². The molecule has 0 atom stereocenters. The fraction of sp³-hybridized carbons (Fsp3) is 0.500. The van der Waals surface area contributed by atoms with Crippen LogP contribution in [0.5, 0.6) is 0 Å². The molecule has 0 bridgehead atoms. The molecule has 2 N–H and O–H groups in total. The van der Waals surface area contributed by atoms with E-state index in [4.69, 9.17) is 5.73 Å². The van der Waals surface area contributed by atoms with Crippen LogP contribution in [-0.4, -0.2) is 19.5 Å². The Hall–Kier alpha value is -1.35. The lowest BCUT2D eigenvalue weighted by atomic mass is 10.1. The molecule has 17 heavy (non-hydrogen) atoms. The minimum absolute atomic E-state index is 0.155. The second kappa shape index (κ2) is 7.07. The minimum Gasteiger partial charge on any atom is -0.330 e. The van der Waals surface area contributed by atoms with Crippen LogP contribution in [0.4, 0.5) is 5.69 Å². The van der Waals surface area contributed by atoms with Crippen LogP contribution in [0.2, 0.25) is 0 Å². The van der Waals surface area contributed by atoms with Gasteiger partial charge in [0.1, 0.15) is 0 Å². The zero-order valence-corrected chi connectivity index (χ0v) is 10.8. The lowest BCUT2D eigenvalue weighted by Gasteiger charge is -2.17. The van der Waals surface area contributed by atoms with E-state index in [0.29, 0.717) is 13.0 Å². The molecule has 0 radical (unpaired) electrons. The number of hydrogen-bond donors (Lipinski definition) is 1. The summed E-state index contributed by atoms with van der Waals surface area (Å²) in [6.07, 6.45) is 3.37. The third-order valence-electron chi connectivity index (χ3n) is 2.95. The van der Waals surface area contributed by atoms with Crippen molar-refractivity contribution in [2.24, 2.45) is 5.73 Å². The first-order valence-corrected chi connectivity index (χ1v) is 6.24. The number of anilines is 1. The molecule has 0 saturated carbocycles. The zero-order chi connectivity index (χ0) is 12.7. The maximum atomic E-state index is 11.9. The van der Waals surface area contributed by atoms with Gasteiger partial charge in [0.05, 0.1) is 0 Å². The van der Waals surface area contributed by atoms with Gasteiger partial charge < -0.3 is 10.6 Å². The van der Waals surface area contributed by atoms with Crippen LogP contribution in [0.15, 0.2) is 24.3 Å². The van der Waals surface area contributed by atoms with Crippen LogP contribution in [0, 0.1) is 0 Å². The molecule has 0 saturated heterocycles. The SMILES string of the molecule is CCc1ccc(N(C)C(=O)CCCCN)cc1. The van der Waals surface area contributed by atoms with E-state index in [0.717, 1.165) is 24.9 Å². The van der Waals surface area contributed by atoms with Crippen LogP contribution >= 0.6 is 0 Å². The maximum absolute atomic E-state index is 11.9. The molecule has 3 nitrogen and oxygen atoms in total. The Balaban J connectivity index is 2.55. The molecule has 0 aromatic heterocycles. The average molecular weight is 234 g/mol. The highest BCUT2D eigenvalue weighted by Crippen LogP contribution is 2.15. The number of hydrogen-bond acceptors (Lipinski definition) is 2. The number of nitrogens with zero attached hydrogens (tertiary/aromatic N) is 1. The normalized spacial score (nSPS) is 10.3. The van der Waals surface area contributed by atoms with E-state index in [2.05, 4.69) is 19.1 Å². The highest BCUT2D eigenvalue weighted by Gasteiger charge is 2.09. The Morgan fingerprint density at radius 2 is 1.88 bits per heavy atom. The van der Waals surface area contributed by atoms with Gasteiger partial charge in [-0.15, -0.1) is 0 Å². The Kier molecular flexibility index (Phi) is 5.70. The lowest BCUT2D eigenvalue weighted by molar-refractivity contribution is -0.118. The first kappa shape index (κ1) is 13.7. The summed E-state index contributed by atoms with van der Waals surface area (Å²) in [4.78, 5) is 13.6. The number of carbonyl (C=O) groups excluding carboxylic acids is 1. The number of unbranched alkanes of at least 4 members (excludes halogenated alkanes) is 1. The molecule has 94 valence electrons. The van der Waals surface area contributed by atoms with Crippen LogP contribution in [-0.2, 0) is 11.2 Å². The third-order valence-corrected chi connectivity index (χ3v) is 2.95. The van der Waals surface area contributed by atoms with Gasteiger partial charge >= 0.3 is 0 Å². The number of aryl methyl sites for hydroxylation is 1. The Morgan fingerprint density at radius 3 is 2.41 bits per heavy atom. The molecule has 0 aliphatic rings. The predicted molar refractivity (Wildman–Crippen MR) is 72.1 cm³/mol. The van der Waals surface area contributed by atoms with Crippen molar-refractivity contribution in [1.82, 2.24) is 0 Å². The quantitative estimate of drug-likeness (QED) is 0.768.